The summed E-state index contributed by atoms with van der Waals surface area (Å²) >= 11 is 25.9. The van der Waals surface area contributed by atoms with Crippen molar-refractivity contribution in [3.05, 3.63) is 128 Å². The number of halogens is 4. The van der Waals surface area contributed by atoms with Gasteiger partial charge in [0.15, 0.2) is 0 Å². The van der Waals surface area contributed by atoms with Gasteiger partial charge in [-0.05, 0) is 61.4 Å². The number of carbonyl (C=O) groups excluding carboxylic acids is 2. The molecule has 4 aromatic carbocycles. The van der Waals surface area contributed by atoms with Crippen molar-refractivity contribution in [1.82, 2.24) is 10.2 Å². The fourth-order valence-electron chi connectivity index (χ4n) is 4.76. The summed E-state index contributed by atoms with van der Waals surface area (Å²) in [5.74, 6) is -1.10. The van der Waals surface area contributed by atoms with E-state index in [1.807, 2.05) is 44.2 Å². The van der Waals surface area contributed by atoms with Crippen molar-refractivity contribution in [2.24, 2.45) is 0 Å². The first-order chi connectivity index (χ1) is 21.9. The van der Waals surface area contributed by atoms with E-state index in [4.69, 9.17) is 46.4 Å². The van der Waals surface area contributed by atoms with Gasteiger partial charge in [0.05, 0.1) is 15.6 Å². The Bertz CT molecular complexity index is 1760. The number of anilines is 1. The number of nitrogens with one attached hydrogen (secondary N) is 1. The Labute approximate surface area is 290 Å². The van der Waals surface area contributed by atoms with Crippen LogP contribution in [-0.2, 0) is 32.6 Å². The van der Waals surface area contributed by atoms with Gasteiger partial charge in [0.2, 0.25) is 11.8 Å². The number of benzene rings is 4. The molecular formula is C34H33Cl4N3O4S. The average Bonchev–Trinajstić information content (AvgIpc) is 3.04. The highest BCUT2D eigenvalue weighted by Crippen LogP contribution is 2.34. The van der Waals surface area contributed by atoms with Crippen LogP contribution in [0.4, 0.5) is 5.69 Å². The van der Waals surface area contributed by atoms with Gasteiger partial charge in [0, 0.05) is 39.6 Å². The summed E-state index contributed by atoms with van der Waals surface area (Å²) in [6, 6.07) is 25.0. The maximum atomic E-state index is 14.6. The molecular weight excluding hydrogens is 688 g/mol. The van der Waals surface area contributed by atoms with Crippen molar-refractivity contribution < 1.29 is 18.0 Å². The maximum Gasteiger partial charge on any atom is 0.264 e. The molecule has 0 bridgehead atoms. The number of amides is 2. The van der Waals surface area contributed by atoms with E-state index in [0.29, 0.717) is 12.0 Å². The van der Waals surface area contributed by atoms with Gasteiger partial charge in [0.25, 0.3) is 10.0 Å². The molecule has 4 rings (SSSR count). The fourth-order valence-corrected chi connectivity index (χ4v) is 7.16. The van der Waals surface area contributed by atoms with Gasteiger partial charge in [-0.3, -0.25) is 13.9 Å². The molecule has 0 unspecified atom stereocenters. The van der Waals surface area contributed by atoms with E-state index in [0.717, 1.165) is 9.87 Å². The zero-order valence-corrected chi connectivity index (χ0v) is 29.0. The molecule has 0 spiro atoms. The molecule has 7 nitrogen and oxygen atoms in total. The topological polar surface area (TPSA) is 86.8 Å². The average molecular weight is 722 g/mol. The molecule has 0 saturated heterocycles. The van der Waals surface area contributed by atoms with Crippen LogP contribution >= 0.6 is 46.4 Å². The standard InChI is InChI=1S/C34H33Cl4N3O4S/c1-3-23(2)39-34(43)32(19-24-11-6-4-7-12-24)40(21-27-28(36)15-10-16-29(27)37)33(42)22-41(31-20-25(35)17-18-30(31)38)46(44,45)26-13-8-5-9-14-26/h4-18,20,23,32H,3,19,21-22H2,1-2H3,(H,39,43)/t23-,32+/m0/s1. The highest BCUT2D eigenvalue weighted by Gasteiger charge is 2.36. The lowest BCUT2D eigenvalue weighted by Gasteiger charge is -2.34. The molecule has 242 valence electrons. The minimum absolute atomic E-state index is 0.00533. The van der Waals surface area contributed by atoms with Crippen molar-refractivity contribution in [3.8, 4) is 0 Å². The number of hydrogen-bond acceptors (Lipinski definition) is 4. The molecule has 0 heterocycles. The van der Waals surface area contributed by atoms with Crippen molar-refractivity contribution in [1.29, 1.82) is 0 Å². The number of hydrogen-bond donors (Lipinski definition) is 1. The number of nitrogens with zero attached hydrogens (tertiary/aromatic N) is 2. The van der Waals surface area contributed by atoms with Crippen LogP contribution < -0.4 is 9.62 Å². The van der Waals surface area contributed by atoms with Gasteiger partial charge < -0.3 is 10.2 Å². The Balaban J connectivity index is 1.87. The Morgan fingerprint density at radius 2 is 1.41 bits per heavy atom. The third kappa shape index (κ3) is 8.75. The zero-order chi connectivity index (χ0) is 33.4. The summed E-state index contributed by atoms with van der Waals surface area (Å²) in [6.45, 7) is 2.92. The second-order valence-corrected chi connectivity index (χ2v) is 14.2. The van der Waals surface area contributed by atoms with Gasteiger partial charge in [0.1, 0.15) is 12.6 Å². The molecule has 0 aliphatic heterocycles. The second kappa shape index (κ2) is 16.0. The summed E-state index contributed by atoms with van der Waals surface area (Å²) in [6.07, 6.45) is 0.796. The monoisotopic (exact) mass is 719 g/mol. The largest absolute Gasteiger partial charge is 0.352 e. The quantitative estimate of drug-likeness (QED) is 0.152. The summed E-state index contributed by atoms with van der Waals surface area (Å²) in [7, 11) is -4.35. The zero-order valence-electron chi connectivity index (χ0n) is 25.2. The third-order valence-electron chi connectivity index (χ3n) is 7.45. The van der Waals surface area contributed by atoms with Crippen LogP contribution in [0.1, 0.15) is 31.4 Å². The molecule has 0 radical (unpaired) electrons. The van der Waals surface area contributed by atoms with Gasteiger partial charge in [-0.15, -0.1) is 0 Å². The van der Waals surface area contributed by atoms with Crippen molar-refractivity contribution in [2.75, 3.05) is 10.8 Å². The highest BCUT2D eigenvalue weighted by molar-refractivity contribution is 7.92. The Kier molecular flexibility index (Phi) is 12.4. The first-order valence-electron chi connectivity index (χ1n) is 14.5. The third-order valence-corrected chi connectivity index (χ3v) is 10.5. The highest BCUT2D eigenvalue weighted by atomic mass is 35.5. The summed E-state index contributed by atoms with van der Waals surface area (Å²) < 4.78 is 29.2. The molecule has 4 aromatic rings. The van der Waals surface area contributed by atoms with E-state index in [-0.39, 0.29) is 49.7 Å². The smallest absolute Gasteiger partial charge is 0.264 e. The Hall–Kier alpha value is -3.27. The lowest BCUT2D eigenvalue weighted by atomic mass is 10.0. The van der Waals surface area contributed by atoms with Crippen LogP contribution in [0.15, 0.2) is 102 Å². The van der Waals surface area contributed by atoms with Gasteiger partial charge in [-0.2, -0.15) is 0 Å². The Morgan fingerprint density at radius 3 is 2.02 bits per heavy atom. The van der Waals surface area contributed by atoms with Crippen molar-refractivity contribution in [2.45, 2.75) is 50.2 Å². The molecule has 2 amide bonds. The number of rotatable bonds is 13. The first-order valence-corrected chi connectivity index (χ1v) is 17.5. The van der Waals surface area contributed by atoms with Gasteiger partial charge in [-0.25, -0.2) is 8.42 Å². The van der Waals surface area contributed by atoms with E-state index in [2.05, 4.69) is 5.32 Å². The fraction of sp³-hybridized carbons (Fsp3) is 0.235. The Morgan fingerprint density at radius 1 is 0.804 bits per heavy atom. The lowest BCUT2D eigenvalue weighted by Crippen LogP contribution is -2.54. The first kappa shape index (κ1) is 35.6. The predicted octanol–water partition coefficient (Wildman–Crippen LogP) is 8.05. The molecule has 0 aliphatic carbocycles. The van der Waals surface area contributed by atoms with Crippen LogP contribution in [0.3, 0.4) is 0 Å². The van der Waals surface area contributed by atoms with Crippen LogP contribution in [0.2, 0.25) is 20.1 Å². The summed E-state index contributed by atoms with van der Waals surface area (Å²) in [5, 5.41) is 3.85. The molecule has 46 heavy (non-hydrogen) atoms. The van der Waals surface area contributed by atoms with E-state index in [1.165, 1.54) is 35.2 Å². The van der Waals surface area contributed by atoms with Crippen LogP contribution in [0.5, 0.6) is 0 Å². The molecule has 1 N–H and O–H groups in total. The molecule has 0 fully saturated rings. The minimum atomic E-state index is -4.35. The second-order valence-electron chi connectivity index (χ2n) is 10.7. The summed E-state index contributed by atoms with van der Waals surface area (Å²) in [5.41, 5.74) is 1.21. The summed E-state index contributed by atoms with van der Waals surface area (Å²) in [4.78, 5) is 29.8. The van der Waals surface area contributed by atoms with Gasteiger partial charge >= 0.3 is 0 Å². The molecule has 0 saturated carbocycles. The molecule has 0 aliphatic rings. The van der Waals surface area contributed by atoms with Crippen LogP contribution in [0.25, 0.3) is 0 Å². The number of sulfonamides is 1. The van der Waals surface area contributed by atoms with Crippen molar-refractivity contribution in [3.63, 3.8) is 0 Å². The van der Waals surface area contributed by atoms with Crippen LogP contribution in [0, 0.1) is 0 Å². The van der Waals surface area contributed by atoms with E-state index >= 15 is 0 Å². The SMILES string of the molecule is CC[C@H](C)NC(=O)[C@@H](Cc1ccccc1)N(Cc1c(Cl)cccc1Cl)C(=O)CN(c1cc(Cl)ccc1Cl)S(=O)(=O)c1ccccc1. The molecule has 12 heteroatoms. The van der Waals surface area contributed by atoms with Gasteiger partial charge in [-0.1, -0.05) is 108 Å². The van der Waals surface area contributed by atoms with Crippen molar-refractivity contribution >= 4 is 73.9 Å². The number of carbonyl (C=O) groups is 2. The minimum Gasteiger partial charge on any atom is -0.352 e. The van der Waals surface area contributed by atoms with E-state index < -0.39 is 34.4 Å². The normalized spacial score (nSPS) is 12.7. The predicted molar refractivity (Wildman–Crippen MR) is 186 cm³/mol. The van der Waals surface area contributed by atoms with E-state index in [1.54, 1.807) is 36.4 Å². The molecule has 0 aromatic heterocycles. The van der Waals surface area contributed by atoms with E-state index in [9.17, 15) is 18.0 Å². The van der Waals surface area contributed by atoms with Crippen LogP contribution in [-0.4, -0.2) is 43.8 Å². The lowest BCUT2D eigenvalue weighted by molar-refractivity contribution is -0.140. The molecule has 2 atom stereocenters. The maximum absolute atomic E-state index is 14.6.